The summed E-state index contributed by atoms with van der Waals surface area (Å²) < 4.78 is 11.3. The number of hydrogen-bond donors (Lipinski definition) is 1. The van der Waals surface area contributed by atoms with E-state index in [9.17, 15) is 4.79 Å². The first-order chi connectivity index (χ1) is 12.5. The lowest BCUT2D eigenvalue weighted by molar-refractivity contribution is -0.127. The maximum absolute atomic E-state index is 12.2. The summed E-state index contributed by atoms with van der Waals surface area (Å²) in [6.07, 6.45) is 1.29. The minimum absolute atomic E-state index is 0.0856. The standard InChI is InChI=1S/C22H29NO3/c1-5-25-20-12-10-19(11-13-20)7-6-14-23-22(24)18(4)26-21-15-16(2)8-9-17(21)3/h8-13,15,18H,5-7,14H2,1-4H3,(H,23,24)/t18-/m0/s1. The van der Waals surface area contributed by atoms with Crippen molar-refractivity contribution in [2.75, 3.05) is 13.2 Å². The molecule has 0 aliphatic carbocycles. The fourth-order valence-corrected chi connectivity index (χ4v) is 2.65. The molecule has 0 aliphatic heterocycles. The molecular formula is C22H29NO3. The van der Waals surface area contributed by atoms with E-state index in [1.165, 1.54) is 5.56 Å². The van der Waals surface area contributed by atoms with Gasteiger partial charge in [0.1, 0.15) is 11.5 Å². The van der Waals surface area contributed by atoms with Crippen molar-refractivity contribution in [1.82, 2.24) is 5.32 Å². The summed E-state index contributed by atoms with van der Waals surface area (Å²) in [5, 5.41) is 2.95. The average molecular weight is 355 g/mol. The zero-order chi connectivity index (χ0) is 18.9. The number of carbonyl (C=O) groups is 1. The van der Waals surface area contributed by atoms with E-state index in [4.69, 9.17) is 9.47 Å². The van der Waals surface area contributed by atoms with Gasteiger partial charge in [0.25, 0.3) is 5.91 Å². The van der Waals surface area contributed by atoms with Gasteiger partial charge in [0.15, 0.2) is 6.10 Å². The van der Waals surface area contributed by atoms with E-state index in [2.05, 4.69) is 17.4 Å². The van der Waals surface area contributed by atoms with Crippen LogP contribution in [-0.4, -0.2) is 25.2 Å². The van der Waals surface area contributed by atoms with Crippen molar-refractivity contribution in [3.63, 3.8) is 0 Å². The van der Waals surface area contributed by atoms with Gasteiger partial charge in [-0.15, -0.1) is 0 Å². The van der Waals surface area contributed by atoms with Crippen LogP contribution in [0.4, 0.5) is 0 Å². The van der Waals surface area contributed by atoms with Crippen molar-refractivity contribution in [1.29, 1.82) is 0 Å². The normalized spacial score (nSPS) is 11.7. The third-order valence-electron chi connectivity index (χ3n) is 4.19. The monoisotopic (exact) mass is 355 g/mol. The van der Waals surface area contributed by atoms with Gasteiger partial charge < -0.3 is 14.8 Å². The molecule has 1 atom stereocenters. The van der Waals surface area contributed by atoms with E-state index in [1.54, 1.807) is 6.92 Å². The van der Waals surface area contributed by atoms with E-state index in [0.29, 0.717) is 13.2 Å². The Labute approximate surface area is 156 Å². The number of rotatable bonds is 9. The van der Waals surface area contributed by atoms with Crippen LogP contribution < -0.4 is 14.8 Å². The average Bonchev–Trinajstić information content (AvgIpc) is 2.63. The molecule has 0 spiro atoms. The molecule has 0 radical (unpaired) electrons. The van der Waals surface area contributed by atoms with E-state index in [0.717, 1.165) is 35.5 Å². The molecule has 1 N–H and O–H groups in total. The topological polar surface area (TPSA) is 47.6 Å². The van der Waals surface area contributed by atoms with Crippen molar-refractivity contribution >= 4 is 5.91 Å². The molecule has 2 rings (SSSR count). The third-order valence-corrected chi connectivity index (χ3v) is 4.19. The third kappa shape index (κ3) is 6.10. The van der Waals surface area contributed by atoms with Gasteiger partial charge in [0.2, 0.25) is 0 Å². The van der Waals surface area contributed by atoms with Crippen molar-refractivity contribution in [3.05, 3.63) is 59.2 Å². The number of ether oxygens (including phenoxy) is 2. The van der Waals surface area contributed by atoms with E-state index in [-0.39, 0.29) is 5.91 Å². The molecule has 140 valence electrons. The van der Waals surface area contributed by atoms with Crippen LogP contribution in [-0.2, 0) is 11.2 Å². The fraction of sp³-hybridized carbons (Fsp3) is 0.409. The second-order valence-electron chi connectivity index (χ2n) is 6.50. The number of amides is 1. The van der Waals surface area contributed by atoms with Gasteiger partial charge in [0, 0.05) is 6.54 Å². The highest BCUT2D eigenvalue weighted by Crippen LogP contribution is 2.20. The first-order valence-electron chi connectivity index (χ1n) is 9.23. The number of hydrogen-bond acceptors (Lipinski definition) is 3. The summed E-state index contributed by atoms with van der Waals surface area (Å²) in [4.78, 5) is 12.2. The molecule has 2 aromatic carbocycles. The lowest BCUT2D eigenvalue weighted by Gasteiger charge is -2.16. The Morgan fingerprint density at radius 2 is 1.85 bits per heavy atom. The Morgan fingerprint density at radius 3 is 2.54 bits per heavy atom. The highest BCUT2D eigenvalue weighted by atomic mass is 16.5. The molecule has 4 nitrogen and oxygen atoms in total. The van der Waals surface area contributed by atoms with Crippen LogP contribution in [0.2, 0.25) is 0 Å². The SMILES string of the molecule is CCOc1ccc(CCCNC(=O)[C@H](C)Oc2cc(C)ccc2C)cc1. The molecule has 0 bridgehead atoms. The number of benzene rings is 2. The lowest BCUT2D eigenvalue weighted by Crippen LogP contribution is -2.37. The highest BCUT2D eigenvalue weighted by molar-refractivity contribution is 5.80. The first-order valence-corrected chi connectivity index (χ1v) is 9.23. The largest absolute Gasteiger partial charge is 0.494 e. The Balaban J connectivity index is 1.73. The van der Waals surface area contributed by atoms with Gasteiger partial charge >= 0.3 is 0 Å². The quantitative estimate of drug-likeness (QED) is 0.685. The number of aryl methyl sites for hydroxylation is 3. The van der Waals surface area contributed by atoms with E-state index < -0.39 is 6.10 Å². The van der Waals surface area contributed by atoms with Crippen molar-refractivity contribution in [3.8, 4) is 11.5 Å². The van der Waals surface area contributed by atoms with Gasteiger partial charge in [-0.1, -0.05) is 24.3 Å². The van der Waals surface area contributed by atoms with Crippen molar-refractivity contribution < 1.29 is 14.3 Å². The van der Waals surface area contributed by atoms with Crippen LogP contribution in [0.1, 0.15) is 37.0 Å². The molecule has 0 saturated heterocycles. The summed E-state index contributed by atoms with van der Waals surface area (Å²) in [5.74, 6) is 1.57. The van der Waals surface area contributed by atoms with Crippen LogP contribution in [0.25, 0.3) is 0 Å². The van der Waals surface area contributed by atoms with Gasteiger partial charge in [-0.3, -0.25) is 4.79 Å². The van der Waals surface area contributed by atoms with Gasteiger partial charge in [-0.05, 0) is 75.4 Å². The number of carbonyl (C=O) groups excluding carboxylic acids is 1. The second kappa shape index (κ2) is 9.85. The maximum atomic E-state index is 12.2. The Kier molecular flexibility index (Phi) is 7.52. The summed E-state index contributed by atoms with van der Waals surface area (Å²) in [7, 11) is 0. The van der Waals surface area contributed by atoms with E-state index >= 15 is 0 Å². The molecule has 0 saturated carbocycles. The van der Waals surface area contributed by atoms with Gasteiger partial charge in [-0.2, -0.15) is 0 Å². The van der Waals surface area contributed by atoms with Gasteiger partial charge in [-0.25, -0.2) is 0 Å². The predicted octanol–water partition coefficient (Wildman–Crippen LogP) is 4.22. The Morgan fingerprint density at radius 1 is 1.12 bits per heavy atom. The van der Waals surface area contributed by atoms with Gasteiger partial charge in [0.05, 0.1) is 6.61 Å². The van der Waals surface area contributed by atoms with Crippen LogP contribution in [0, 0.1) is 13.8 Å². The smallest absolute Gasteiger partial charge is 0.260 e. The van der Waals surface area contributed by atoms with Crippen molar-refractivity contribution in [2.45, 2.75) is 46.6 Å². The van der Waals surface area contributed by atoms with Crippen LogP contribution in [0.3, 0.4) is 0 Å². The number of nitrogens with one attached hydrogen (secondary N) is 1. The minimum atomic E-state index is -0.513. The van der Waals surface area contributed by atoms with Crippen LogP contribution in [0.15, 0.2) is 42.5 Å². The molecule has 0 aromatic heterocycles. The zero-order valence-electron chi connectivity index (χ0n) is 16.2. The fourth-order valence-electron chi connectivity index (χ4n) is 2.65. The van der Waals surface area contributed by atoms with Crippen LogP contribution >= 0.6 is 0 Å². The Bertz CT molecular complexity index is 710. The van der Waals surface area contributed by atoms with Crippen LogP contribution in [0.5, 0.6) is 11.5 Å². The molecular weight excluding hydrogens is 326 g/mol. The first kappa shape index (κ1) is 19.8. The molecule has 1 amide bonds. The molecule has 2 aromatic rings. The lowest BCUT2D eigenvalue weighted by atomic mass is 10.1. The predicted molar refractivity (Wildman–Crippen MR) is 105 cm³/mol. The van der Waals surface area contributed by atoms with E-state index in [1.807, 2.05) is 51.1 Å². The summed E-state index contributed by atoms with van der Waals surface area (Å²) in [5.41, 5.74) is 3.39. The molecule has 0 heterocycles. The summed E-state index contributed by atoms with van der Waals surface area (Å²) in [6.45, 7) is 9.06. The second-order valence-corrected chi connectivity index (χ2v) is 6.50. The molecule has 26 heavy (non-hydrogen) atoms. The minimum Gasteiger partial charge on any atom is -0.494 e. The Hall–Kier alpha value is -2.49. The zero-order valence-corrected chi connectivity index (χ0v) is 16.2. The molecule has 4 heteroatoms. The van der Waals surface area contributed by atoms with Crippen molar-refractivity contribution in [2.24, 2.45) is 0 Å². The maximum Gasteiger partial charge on any atom is 0.260 e. The molecule has 0 fully saturated rings. The summed E-state index contributed by atoms with van der Waals surface area (Å²) in [6, 6.07) is 14.1. The highest BCUT2D eigenvalue weighted by Gasteiger charge is 2.15. The summed E-state index contributed by atoms with van der Waals surface area (Å²) >= 11 is 0. The molecule has 0 aliphatic rings. The molecule has 0 unspecified atom stereocenters.